The normalized spacial score (nSPS) is 17.1. The van der Waals surface area contributed by atoms with Gasteiger partial charge in [0.15, 0.2) is 9.84 Å². The molecule has 1 aromatic heterocycles. The lowest BCUT2D eigenvalue weighted by molar-refractivity contribution is -0.137. The summed E-state index contributed by atoms with van der Waals surface area (Å²) in [6, 6.07) is 21.9. The molecule has 7 rings (SSSR count). The van der Waals surface area contributed by atoms with Crippen molar-refractivity contribution in [2.24, 2.45) is 0 Å². The molecule has 0 unspecified atom stereocenters. The highest BCUT2D eigenvalue weighted by Crippen LogP contribution is 2.40. The Labute approximate surface area is 304 Å². The number of esters is 1. The largest absolute Gasteiger partial charge is 0.461 e. The topological polar surface area (TPSA) is 105 Å². The quantitative estimate of drug-likeness (QED) is 0.121. The number of ether oxygens (including phenoxy) is 2. The average molecular weight is 730 g/mol. The zero-order valence-corrected chi connectivity index (χ0v) is 30.5. The van der Waals surface area contributed by atoms with Crippen molar-refractivity contribution in [3.05, 3.63) is 94.6 Å². The molecule has 3 aromatic carbocycles. The number of hydrogen-bond acceptors (Lipinski definition) is 10. The van der Waals surface area contributed by atoms with E-state index < -0.39 is 15.8 Å². The number of halogens is 1. The van der Waals surface area contributed by atoms with E-state index in [2.05, 4.69) is 28.0 Å². The number of rotatable bonds is 13. The Balaban J connectivity index is 1.06. The number of anilines is 2. The Morgan fingerprint density at radius 2 is 1.75 bits per heavy atom. The van der Waals surface area contributed by atoms with Gasteiger partial charge in [-0.15, -0.1) is 0 Å². The van der Waals surface area contributed by atoms with Crippen LogP contribution in [0.4, 0.5) is 11.5 Å². The highest BCUT2D eigenvalue weighted by molar-refractivity contribution is 7.91. The molecule has 4 heterocycles. The molecule has 0 N–H and O–H groups in total. The maximum Gasteiger partial charge on any atom is 0.330 e. The van der Waals surface area contributed by atoms with Crippen LogP contribution in [0.25, 0.3) is 16.8 Å². The molecule has 0 bridgehead atoms. The van der Waals surface area contributed by atoms with Gasteiger partial charge < -0.3 is 19.3 Å². The van der Waals surface area contributed by atoms with Gasteiger partial charge in [0.05, 0.1) is 34.3 Å². The fourth-order valence-corrected chi connectivity index (χ4v) is 9.08. The van der Waals surface area contributed by atoms with Crippen LogP contribution in [0, 0.1) is 0 Å². The summed E-state index contributed by atoms with van der Waals surface area (Å²) in [6.45, 7) is 4.00. The molecule has 4 aromatic rings. The molecule has 10 nitrogen and oxygen atoms in total. The molecular weight excluding hydrogens is 686 g/mol. The van der Waals surface area contributed by atoms with Crippen LogP contribution in [0.5, 0.6) is 6.01 Å². The number of sulfone groups is 1. The van der Waals surface area contributed by atoms with E-state index >= 15 is 0 Å². The van der Waals surface area contributed by atoms with Crippen molar-refractivity contribution in [3.8, 4) is 6.01 Å². The van der Waals surface area contributed by atoms with Crippen LogP contribution in [-0.2, 0) is 32.3 Å². The van der Waals surface area contributed by atoms with Crippen LogP contribution in [0.3, 0.4) is 0 Å². The van der Waals surface area contributed by atoms with Crippen LogP contribution < -0.4 is 14.5 Å². The van der Waals surface area contributed by atoms with Gasteiger partial charge in [0.1, 0.15) is 19.0 Å². The summed E-state index contributed by atoms with van der Waals surface area (Å²) in [4.78, 5) is 28.8. The number of fused-ring (bicyclic) bond motifs is 3. The van der Waals surface area contributed by atoms with Crippen molar-refractivity contribution >= 4 is 55.8 Å². The van der Waals surface area contributed by atoms with Gasteiger partial charge in [-0.2, -0.15) is 9.97 Å². The fraction of sp³-hybridized carbons (Fsp3) is 0.410. The van der Waals surface area contributed by atoms with E-state index in [0.29, 0.717) is 36.4 Å². The molecule has 268 valence electrons. The van der Waals surface area contributed by atoms with Gasteiger partial charge >= 0.3 is 12.0 Å². The first-order valence-corrected chi connectivity index (χ1v) is 19.9. The maximum atomic E-state index is 13.1. The minimum absolute atomic E-state index is 0.0337. The fourth-order valence-electron chi connectivity index (χ4n) is 7.70. The van der Waals surface area contributed by atoms with Crippen molar-refractivity contribution in [1.29, 1.82) is 0 Å². The zero-order valence-electron chi connectivity index (χ0n) is 29.0. The predicted molar refractivity (Wildman–Crippen MR) is 202 cm³/mol. The number of aromatic nitrogens is 2. The number of benzene rings is 3. The molecule has 2 fully saturated rings. The number of nitrogens with zero attached hydrogens (tertiary/aromatic N) is 5. The molecule has 12 heteroatoms. The number of carbonyl (C=O) groups excluding carboxylic acids is 1. The molecule has 0 atom stereocenters. The van der Waals surface area contributed by atoms with Gasteiger partial charge in [-0.3, -0.25) is 4.90 Å². The second-order valence-corrected chi connectivity index (χ2v) is 16.4. The van der Waals surface area contributed by atoms with Crippen LogP contribution in [0.1, 0.15) is 42.5 Å². The van der Waals surface area contributed by atoms with Crippen LogP contribution in [0.2, 0.25) is 5.02 Å². The lowest BCUT2D eigenvalue weighted by Gasteiger charge is -2.34. The standard InChI is InChI=1S/C39H44ClN5O5S/c1-43(23-25-51(47,48)26-24-49-35(46)16-15-29-9-3-2-4-10-29)37-31-17-22-44(34-14-6-12-30-11-5-13-32(40)36(30)34)27-33(31)41-38(42-37)50-28-39-18-7-20-45(39)21-8-19-39/h2-6,9-16H,7-8,17-28H2,1H3. The smallest absolute Gasteiger partial charge is 0.330 e. The second kappa shape index (κ2) is 15.2. The third kappa shape index (κ3) is 8.00. The molecule has 0 radical (unpaired) electrons. The van der Waals surface area contributed by atoms with Gasteiger partial charge in [-0.25, -0.2) is 13.2 Å². The minimum atomic E-state index is -3.52. The van der Waals surface area contributed by atoms with E-state index in [1.165, 1.54) is 18.9 Å². The van der Waals surface area contributed by atoms with E-state index in [1.54, 1.807) is 6.08 Å². The van der Waals surface area contributed by atoms with Gasteiger partial charge in [-0.1, -0.05) is 66.2 Å². The first kappa shape index (κ1) is 35.2. The minimum Gasteiger partial charge on any atom is -0.461 e. The van der Waals surface area contributed by atoms with Crippen molar-refractivity contribution in [3.63, 3.8) is 0 Å². The highest BCUT2D eigenvalue weighted by atomic mass is 35.5. The van der Waals surface area contributed by atoms with E-state index in [9.17, 15) is 13.2 Å². The Morgan fingerprint density at radius 1 is 0.980 bits per heavy atom. The molecule has 2 saturated heterocycles. The number of hydrogen-bond donors (Lipinski definition) is 0. The Morgan fingerprint density at radius 3 is 2.53 bits per heavy atom. The molecule has 3 aliphatic rings. The summed E-state index contributed by atoms with van der Waals surface area (Å²) in [5.41, 5.74) is 3.79. The van der Waals surface area contributed by atoms with Crippen molar-refractivity contribution in [2.45, 2.75) is 44.2 Å². The molecule has 0 aliphatic carbocycles. The third-order valence-corrected chi connectivity index (χ3v) is 12.3. The van der Waals surface area contributed by atoms with Gasteiger partial charge in [-0.05, 0) is 74.4 Å². The Kier molecular flexibility index (Phi) is 10.5. The SMILES string of the molecule is CN(CCS(=O)(=O)CCOC(=O)C=Cc1ccccc1)c1nc(OCC23CCCN2CCC3)nc2c1CCN(c1cccc3cccc(Cl)c13)C2. The summed E-state index contributed by atoms with van der Waals surface area (Å²) in [5.74, 6) is -0.271. The van der Waals surface area contributed by atoms with E-state index in [1.807, 2.05) is 60.5 Å². The first-order valence-electron chi connectivity index (χ1n) is 17.7. The summed E-state index contributed by atoms with van der Waals surface area (Å²) in [6.07, 6.45) is 8.17. The van der Waals surface area contributed by atoms with Crippen LogP contribution in [-0.4, -0.2) is 92.7 Å². The maximum absolute atomic E-state index is 13.1. The molecule has 0 saturated carbocycles. The average Bonchev–Trinajstić information content (AvgIpc) is 3.73. The molecule has 51 heavy (non-hydrogen) atoms. The predicted octanol–water partition coefficient (Wildman–Crippen LogP) is 5.96. The van der Waals surface area contributed by atoms with E-state index in [4.69, 9.17) is 31.0 Å². The van der Waals surface area contributed by atoms with Crippen molar-refractivity contribution in [2.75, 3.05) is 67.7 Å². The summed E-state index contributed by atoms with van der Waals surface area (Å²) in [7, 11) is -1.66. The summed E-state index contributed by atoms with van der Waals surface area (Å²) < 4.78 is 37.7. The van der Waals surface area contributed by atoms with Crippen LogP contribution in [0.15, 0.2) is 72.8 Å². The van der Waals surface area contributed by atoms with Gasteiger partial charge in [0.25, 0.3) is 0 Å². The Bertz CT molecular complexity index is 2010. The van der Waals surface area contributed by atoms with Crippen LogP contribution >= 0.6 is 11.6 Å². The van der Waals surface area contributed by atoms with E-state index in [-0.39, 0.29) is 30.2 Å². The third-order valence-electron chi connectivity index (χ3n) is 10.4. The molecule has 3 aliphatic heterocycles. The zero-order chi connectivity index (χ0) is 35.4. The van der Waals surface area contributed by atoms with Gasteiger partial charge in [0.2, 0.25) is 0 Å². The lowest BCUT2D eigenvalue weighted by atomic mass is 9.95. The summed E-state index contributed by atoms with van der Waals surface area (Å²) in [5, 5.41) is 2.80. The first-order chi connectivity index (χ1) is 24.7. The number of carbonyl (C=O) groups is 1. The molecular formula is C39H44ClN5O5S. The second-order valence-electron chi connectivity index (χ2n) is 13.7. The molecule has 0 amide bonds. The molecule has 0 spiro atoms. The summed E-state index contributed by atoms with van der Waals surface area (Å²) >= 11 is 6.72. The van der Waals surface area contributed by atoms with Crippen molar-refractivity contribution < 1.29 is 22.7 Å². The monoisotopic (exact) mass is 729 g/mol. The highest BCUT2D eigenvalue weighted by Gasteiger charge is 2.45. The Hall–Kier alpha value is -4.19. The van der Waals surface area contributed by atoms with Crippen molar-refractivity contribution in [1.82, 2.24) is 14.9 Å². The van der Waals surface area contributed by atoms with E-state index in [0.717, 1.165) is 65.8 Å². The van der Waals surface area contributed by atoms with Gasteiger partial charge in [0, 0.05) is 42.9 Å². The lowest BCUT2D eigenvalue weighted by Crippen LogP contribution is -2.43.